The Bertz CT molecular complexity index is 256. The minimum atomic E-state index is -4.36. The van der Waals surface area contributed by atoms with Gasteiger partial charge in [-0.1, -0.05) is 15.9 Å². The fourth-order valence-electron chi connectivity index (χ4n) is 0.570. The summed E-state index contributed by atoms with van der Waals surface area (Å²) in [6.07, 6.45) is -2.82. The van der Waals surface area contributed by atoms with Crippen LogP contribution >= 0.6 is 15.9 Å². The molecule has 0 bridgehead atoms. The van der Waals surface area contributed by atoms with Crippen LogP contribution in [0.25, 0.3) is 0 Å². The fourth-order valence-corrected chi connectivity index (χ4v) is 0.860. The van der Waals surface area contributed by atoms with Crippen LogP contribution in [0.4, 0.5) is 13.2 Å². The molecular weight excluding hydrogens is 237 g/mol. The quantitative estimate of drug-likeness (QED) is 0.705. The number of halogens is 4. The van der Waals surface area contributed by atoms with Crippen LogP contribution in [0, 0.1) is 0 Å². The summed E-state index contributed by atoms with van der Waals surface area (Å²) in [6, 6.07) is 0. The minimum absolute atomic E-state index is 0.336. The van der Waals surface area contributed by atoms with Crippen molar-refractivity contribution in [3.63, 3.8) is 0 Å². The highest BCUT2D eigenvalue weighted by molar-refractivity contribution is 9.08. The molecule has 1 aromatic heterocycles. The standard InChI is InChI=1S/C6H4BrF3N2/c7-1-5-11-2-4(3-12-5)6(8,9)10/h2-3H,1H2. The van der Waals surface area contributed by atoms with E-state index in [2.05, 4.69) is 25.9 Å². The van der Waals surface area contributed by atoms with E-state index in [-0.39, 0.29) is 0 Å². The third-order valence-corrected chi connectivity index (χ3v) is 1.65. The Morgan fingerprint density at radius 1 is 1.25 bits per heavy atom. The molecule has 0 aliphatic carbocycles. The topological polar surface area (TPSA) is 25.8 Å². The molecule has 0 amide bonds. The maximum atomic E-state index is 11.9. The van der Waals surface area contributed by atoms with E-state index < -0.39 is 11.7 Å². The molecule has 0 aliphatic heterocycles. The lowest BCUT2D eigenvalue weighted by Crippen LogP contribution is -2.07. The zero-order valence-electron chi connectivity index (χ0n) is 5.77. The molecule has 0 atom stereocenters. The molecule has 0 saturated carbocycles. The van der Waals surface area contributed by atoms with E-state index in [0.717, 1.165) is 12.4 Å². The minimum Gasteiger partial charge on any atom is -0.240 e. The van der Waals surface area contributed by atoms with Crippen LogP contribution in [0.5, 0.6) is 0 Å². The number of hydrogen-bond acceptors (Lipinski definition) is 2. The smallest absolute Gasteiger partial charge is 0.240 e. The second kappa shape index (κ2) is 3.38. The van der Waals surface area contributed by atoms with E-state index in [1.54, 1.807) is 0 Å². The van der Waals surface area contributed by atoms with Crippen LogP contribution in [-0.4, -0.2) is 9.97 Å². The van der Waals surface area contributed by atoms with Gasteiger partial charge in [0.25, 0.3) is 0 Å². The summed E-state index contributed by atoms with van der Waals surface area (Å²) < 4.78 is 35.8. The van der Waals surface area contributed by atoms with E-state index in [4.69, 9.17) is 0 Å². The van der Waals surface area contributed by atoms with Gasteiger partial charge >= 0.3 is 6.18 Å². The first kappa shape index (κ1) is 9.44. The summed E-state index contributed by atoms with van der Waals surface area (Å²) in [5, 5.41) is 0.352. The van der Waals surface area contributed by atoms with Crippen molar-refractivity contribution in [1.29, 1.82) is 0 Å². The summed E-state index contributed by atoms with van der Waals surface area (Å²) in [5.74, 6) is 0.336. The predicted molar refractivity (Wildman–Crippen MR) is 39.7 cm³/mol. The van der Waals surface area contributed by atoms with Gasteiger partial charge in [-0.15, -0.1) is 0 Å². The van der Waals surface area contributed by atoms with Crippen molar-refractivity contribution < 1.29 is 13.2 Å². The fraction of sp³-hybridized carbons (Fsp3) is 0.333. The lowest BCUT2D eigenvalue weighted by atomic mass is 10.3. The Morgan fingerprint density at radius 3 is 2.08 bits per heavy atom. The first-order valence-corrected chi connectivity index (χ1v) is 4.10. The molecule has 1 heterocycles. The lowest BCUT2D eigenvalue weighted by molar-refractivity contribution is -0.138. The Balaban J connectivity index is 2.93. The largest absolute Gasteiger partial charge is 0.419 e. The summed E-state index contributed by atoms with van der Waals surface area (Å²) in [5.41, 5.74) is -0.827. The Morgan fingerprint density at radius 2 is 1.75 bits per heavy atom. The summed E-state index contributed by atoms with van der Waals surface area (Å²) in [4.78, 5) is 6.97. The predicted octanol–water partition coefficient (Wildman–Crippen LogP) is 2.39. The highest BCUT2D eigenvalue weighted by Gasteiger charge is 2.31. The molecule has 1 aromatic rings. The molecule has 0 fully saturated rings. The van der Waals surface area contributed by atoms with Gasteiger partial charge in [0.05, 0.1) is 10.9 Å². The normalized spacial score (nSPS) is 11.7. The van der Waals surface area contributed by atoms with Gasteiger partial charge in [-0.25, -0.2) is 9.97 Å². The van der Waals surface area contributed by atoms with Crippen molar-refractivity contribution >= 4 is 15.9 Å². The maximum absolute atomic E-state index is 11.9. The summed E-state index contributed by atoms with van der Waals surface area (Å²) in [6.45, 7) is 0. The molecular formula is C6H4BrF3N2. The number of rotatable bonds is 1. The second-order valence-electron chi connectivity index (χ2n) is 2.02. The molecule has 1 rings (SSSR count). The maximum Gasteiger partial charge on any atom is 0.419 e. The van der Waals surface area contributed by atoms with Crippen LogP contribution in [0.3, 0.4) is 0 Å². The van der Waals surface area contributed by atoms with Gasteiger partial charge in [-0.2, -0.15) is 13.2 Å². The molecule has 0 aromatic carbocycles. The Kier molecular flexibility index (Phi) is 2.66. The monoisotopic (exact) mass is 240 g/mol. The average Bonchev–Trinajstić information content (AvgIpc) is 2.03. The number of aromatic nitrogens is 2. The molecule has 0 saturated heterocycles. The number of hydrogen-bond donors (Lipinski definition) is 0. The second-order valence-corrected chi connectivity index (χ2v) is 2.58. The molecule has 0 radical (unpaired) electrons. The number of nitrogens with zero attached hydrogens (tertiary/aromatic N) is 2. The highest BCUT2D eigenvalue weighted by atomic mass is 79.9. The first-order chi connectivity index (χ1) is 5.54. The third-order valence-electron chi connectivity index (χ3n) is 1.15. The summed E-state index contributed by atoms with van der Waals surface area (Å²) >= 11 is 3.03. The molecule has 0 aliphatic rings. The molecule has 0 spiro atoms. The third kappa shape index (κ3) is 2.17. The molecule has 0 unspecified atom stereocenters. The van der Waals surface area contributed by atoms with Gasteiger partial charge in [0.1, 0.15) is 5.82 Å². The van der Waals surface area contributed by atoms with Gasteiger partial charge < -0.3 is 0 Å². The lowest BCUT2D eigenvalue weighted by Gasteiger charge is -2.04. The van der Waals surface area contributed by atoms with Crippen LogP contribution in [0.2, 0.25) is 0 Å². The van der Waals surface area contributed by atoms with Gasteiger partial charge in [0.2, 0.25) is 0 Å². The Hall–Kier alpha value is -0.650. The first-order valence-electron chi connectivity index (χ1n) is 2.98. The SMILES string of the molecule is FC(F)(F)c1cnc(CBr)nc1. The van der Waals surface area contributed by atoms with Gasteiger partial charge in [-0.3, -0.25) is 0 Å². The van der Waals surface area contributed by atoms with Crippen LogP contribution in [0.1, 0.15) is 11.4 Å². The van der Waals surface area contributed by atoms with Crippen molar-refractivity contribution in [1.82, 2.24) is 9.97 Å². The molecule has 2 nitrogen and oxygen atoms in total. The van der Waals surface area contributed by atoms with Gasteiger partial charge in [-0.05, 0) is 0 Å². The van der Waals surface area contributed by atoms with E-state index in [9.17, 15) is 13.2 Å². The van der Waals surface area contributed by atoms with Crippen molar-refractivity contribution in [3.8, 4) is 0 Å². The molecule has 66 valence electrons. The van der Waals surface area contributed by atoms with E-state index in [0.29, 0.717) is 11.2 Å². The van der Waals surface area contributed by atoms with Gasteiger partial charge in [0.15, 0.2) is 0 Å². The number of alkyl halides is 4. The van der Waals surface area contributed by atoms with Gasteiger partial charge in [0, 0.05) is 12.4 Å². The van der Waals surface area contributed by atoms with Crippen LogP contribution < -0.4 is 0 Å². The zero-order valence-corrected chi connectivity index (χ0v) is 7.35. The molecule has 0 N–H and O–H groups in total. The van der Waals surface area contributed by atoms with E-state index >= 15 is 0 Å². The van der Waals surface area contributed by atoms with E-state index in [1.807, 2.05) is 0 Å². The molecule has 6 heteroatoms. The average molecular weight is 241 g/mol. The summed E-state index contributed by atoms with van der Waals surface area (Å²) in [7, 11) is 0. The zero-order chi connectivity index (χ0) is 9.19. The highest BCUT2D eigenvalue weighted by Crippen LogP contribution is 2.27. The van der Waals surface area contributed by atoms with Crippen molar-refractivity contribution in [2.75, 3.05) is 0 Å². The van der Waals surface area contributed by atoms with Crippen molar-refractivity contribution in [2.24, 2.45) is 0 Å². The van der Waals surface area contributed by atoms with Crippen molar-refractivity contribution in [3.05, 3.63) is 23.8 Å². The van der Waals surface area contributed by atoms with Crippen LogP contribution in [-0.2, 0) is 11.5 Å². The Labute approximate surface area is 75.0 Å². The molecule has 12 heavy (non-hydrogen) atoms. The van der Waals surface area contributed by atoms with Crippen molar-refractivity contribution in [2.45, 2.75) is 11.5 Å². The van der Waals surface area contributed by atoms with E-state index in [1.165, 1.54) is 0 Å². The van der Waals surface area contributed by atoms with Crippen LogP contribution in [0.15, 0.2) is 12.4 Å².